The van der Waals surface area contributed by atoms with Gasteiger partial charge in [0.05, 0.1) is 23.1 Å². The molecule has 0 aliphatic carbocycles. The van der Waals surface area contributed by atoms with E-state index in [1.165, 1.54) is 16.2 Å². The van der Waals surface area contributed by atoms with Crippen LogP contribution in [-0.4, -0.2) is 50.6 Å². The van der Waals surface area contributed by atoms with Crippen LogP contribution in [0.2, 0.25) is 0 Å². The maximum atomic E-state index is 13.6. The summed E-state index contributed by atoms with van der Waals surface area (Å²) in [7, 11) is 0. The zero-order valence-electron chi connectivity index (χ0n) is 20.1. The first-order valence-electron chi connectivity index (χ1n) is 12.0. The summed E-state index contributed by atoms with van der Waals surface area (Å²) in [4.78, 5) is 33.6. The smallest absolute Gasteiger partial charge is 0.267 e. The number of rotatable bonds is 6. The van der Waals surface area contributed by atoms with Gasteiger partial charge in [0.1, 0.15) is 15.8 Å². The molecule has 1 aromatic carbocycles. The van der Waals surface area contributed by atoms with Gasteiger partial charge in [-0.2, -0.15) is 0 Å². The number of amides is 1. The van der Waals surface area contributed by atoms with Gasteiger partial charge in [-0.3, -0.25) is 18.9 Å². The van der Waals surface area contributed by atoms with Crippen LogP contribution >= 0.6 is 24.0 Å². The van der Waals surface area contributed by atoms with Gasteiger partial charge in [-0.25, -0.2) is 4.98 Å². The third-order valence-electron chi connectivity index (χ3n) is 6.54. The molecule has 2 aromatic heterocycles. The number of carbonyl (C=O) groups excluding carboxylic acids is 1. The van der Waals surface area contributed by atoms with Crippen LogP contribution in [0.4, 0.5) is 5.82 Å². The molecule has 190 valence electrons. The second kappa shape index (κ2) is 9.81. The Morgan fingerprint density at radius 2 is 2.11 bits per heavy atom. The Labute approximate surface area is 222 Å². The van der Waals surface area contributed by atoms with Crippen molar-refractivity contribution in [2.24, 2.45) is 0 Å². The van der Waals surface area contributed by atoms with Gasteiger partial charge in [0.15, 0.2) is 11.5 Å². The number of aromatic nitrogens is 2. The van der Waals surface area contributed by atoms with Crippen LogP contribution < -0.4 is 20.3 Å². The Bertz CT molecular complexity index is 1510. The van der Waals surface area contributed by atoms with Crippen molar-refractivity contribution in [1.29, 1.82) is 0 Å². The molecule has 11 heteroatoms. The highest BCUT2D eigenvalue weighted by Gasteiger charge is 2.35. The monoisotopic (exact) mass is 536 g/mol. The van der Waals surface area contributed by atoms with Crippen molar-refractivity contribution in [3.63, 3.8) is 0 Å². The highest BCUT2D eigenvalue weighted by molar-refractivity contribution is 8.26. The summed E-state index contributed by atoms with van der Waals surface area (Å²) in [6, 6.07) is 9.38. The van der Waals surface area contributed by atoms with E-state index in [-0.39, 0.29) is 24.4 Å². The van der Waals surface area contributed by atoms with Crippen LogP contribution in [0.1, 0.15) is 29.5 Å². The van der Waals surface area contributed by atoms with Crippen molar-refractivity contribution in [2.75, 3.05) is 25.3 Å². The molecular weight excluding hydrogens is 512 g/mol. The number of thiocarbonyl (C=S) groups is 1. The third kappa shape index (κ3) is 4.58. The SMILES string of the molecule is Cc1cccn2c(=O)c(/C=C3\SC(=S)N(C[C@H]4CCCO4)C3=O)c(NCc3ccc4c(c3)OCO4)nc12. The van der Waals surface area contributed by atoms with Gasteiger partial charge in [-0.1, -0.05) is 36.1 Å². The number of hydrogen-bond acceptors (Lipinski definition) is 9. The Morgan fingerprint density at radius 3 is 2.95 bits per heavy atom. The largest absolute Gasteiger partial charge is 0.454 e. The minimum absolute atomic E-state index is 0.0169. The number of aryl methyl sites for hydroxylation is 1. The molecule has 9 nitrogen and oxygen atoms in total. The zero-order valence-corrected chi connectivity index (χ0v) is 21.7. The average molecular weight is 537 g/mol. The van der Waals surface area contributed by atoms with Gasteiger partial charge in [0.2, 0.25) is 6.79 Å². The zero-order chi connectivity index (χ0) is 25.5. The molecule has 2 saturated heterocycles. The number of benzene rings is 1. The van der Waals surface area contributed by atoms with Crippen LogP contribution in [0.25, 0.3) is 11.7 Å². The van der Waals surface area contributed by atoms with Gasteiger partial charge in [-0.05, 0) is 55.2 Å². The maximum Gasteiger partial charge on any atom is 0.267 e. The molecule has 6 rings (SSSR count). The number of ether oxygens (including phenoxy) is 3. The van der Waals surface area contributed by atoms with E-state index in [2.05, 4.69) is 5.32 Å². The molecule has 3 aromatic rings. The van der Waals surface area contributed by atoms with E-state index in [9.17, 15) is 9.59 Å². The maximum absolute atomic E-state index is 13.6. The fraction of sp³-hybridized carbons (Fsp3) is 0.308. The van der Waals surface area contributed by atoms with Crippen LogP contribution in [0.15, 0.2) is 46.2 Å². The van der Waals surface area contributed by atoms with Crippen LogP contribution in [0.3, 0.4) is 0 Å². The van der Waals surface area contributed by atoms with E-state index in [0.717, 1.165) is 24.0 Å². The number of pyridine rings is 1. The molecule has 2 fully saturated rings. The number of thioether (sulfide) groups is 1. The first kappa shape index (κ1) is 24.0. The van der Waals surface area contributed by atoms with Gasteiger partial charge in [-0.15, -0.1) is 0 Å². The summed E-state index contributed by atoms with van der Waals surface area (Å²) in [6.45, 7) is 3.62. The molecule has 3 aliphatic rings. The summed E-state index contributed by atoms with van der Waals surface area (Å²) >= 11 is 6.69. The van der Waals surface area contributed by atoms with Crippen molar-refractivity contribution >= 4 is 51.7 Å². The molecule has 1 atom stereocenters. The Balaban J connectivity index is 1.35. The molecule has 3 aliphatic heterocycles. The Kier molecular flexibility index (Phi) is 6.35. The van der Waals surface area contributed by atoms with E-state index < -0.39 is 0 Å². The average Bonchev–Trinajstić information content (AvgIpc) is 3.63. The van der Waals surface area contributed by atoms with Crippen molar-refractivity contribution in [3.8, 4) is 11.5 Å². The second-order valence-electron chi connectivity index (χ2n) is 9.03. The van der Waals surface area contributed by atoms with Crippen molar-refractivity contribution < 1.29 is 19.0 Å². The van der Waals surface area contributed by atoms with E-state index in [4.69, 9.17) is 31.4 Å². The first-order valence-corrected chi connectivity index (χ1v) is 13.2. The molecule has 0 radical (unpaired) electrons. The molecule has 1 N–H and O–H groups in total. The molecule has 0 bridgehead atoms. The summed E-state index contributed by atoms with van der Waals surface area (Å²) in [5.41, 5.74) is 2.36. The molecule has 5 heterocycles. The normalized spacial score (nSPS) is 20.0. The highest BCUT2D eigenvalue weighted by Crippen LogP contribution is 2.35. The quantitative estimate of drug-likeness (QED) is 0.374. The Morgan fingerprint density at radius 1 is 1.24 bits per heavy atom. The molecule has 0 spiro atoms. The fourth-order valence-corrected chi connectivity index (χ4v) is 5.85. The molecule has 0 unspecified atom stereocenters. The topological polar surface area (TPSA) is 94.4 Å². The molecule has 37 heavy (non-hydrogen) atoms. The summed E-state index contributed by atoms with van der Waals surface area (Å²) < 4.78 is 18.5. The second-order valence-corrected chi connectivity index (χ2v) is 10.7. The molecule has 0 saturated carbocycles. The fourth-order valence-electron chi connectivity index (χ4n) is 4.59. The first-order chi connectivity index (χ1) is 18.0. The standard InChI is InChI=1S/C26H24N4O5S2/c1-15-4-2-8-29-23(15)28-22(27-12-16-6-7-19-20(10-16)35-14-34-19)18(24(29)31)11-21-25(32)30(26(36)37-21)13-17-5-3-9-33-17/h2,4,6-8,10-11,17,27H,3,5,9,12-14H2,1H3/b21-11-/t17-/m1/s1. The number of hydrogen-bond donors (Lipinski definition) is 1. The molecule has 1 amide bonds. The predicted molar refractivity (Wildman–Crippen MR) is 145 cm³/mol. The van der Waals surface area contributed by atoms with Crippen molar-refractivity contribution in [2.45, 2.75) is 32.4 Å². The van der Waals surface area contributed by atoms with Gasteiger partial charge < -0.3 is 19.5 Å². The number of anilines is 1. The van der Waals surface area contributed by atoms with E-state index >= 15 is 0 Å². The van der Waals surface area contributed by atoms with E-state index in [1.54, 1.807) is 23.2 Å². The van der Waals surface area contributed by atoms with Crippen LogP contribution in [0, 0.1) is 6.92 Å². The third-order valence-corrected chi connectivity index (χ3v) is 7.92. The summed E-state index contributed by atoms with van der Waals surface area (Å²) in [5, 5.41) is 3.30. The van der Waals surface area contributed by atoms with Crippen LogP contribution in [0.5, 0.6) is 11.5 Å². The van der Waals surface area contributed by atoms with Crippen molar-refractivity contribution in [1.82, 2.24) is 14.3 Å². The predicted octanol–water partition coefficient (Wildman–Crippen LogP) is 3.72. The van der Waals surface area contributed by atoms with Gasteiger partial charge in [0, 0.05) is 19.3 Å². The number of nitrogens with zero attached hydrogens (tertiary/aromatic N) is 3. The van der Waals surface area contributed by atoms with E-state index in [0.29, 0.717) is 57.4 Å². The minimum Gasteiger partial charge on any atom is -0.454 e. The lowest BCUT2D eigenvalue weighted by atomic mass is 10.2. The minimum atomic E-state index is -0.272. The lowest BCUT2D eigenvalue weighted by Gasteiger charge is -2.18. The van der Waals surface area contributed by atoms with Crippen LogP contribution in [-0.2, 0) is 16.1 Å². The highest BCUT2D eigenvalue weighted by atomic mass is 32.2. The number of fused-ring (bicyclic) bond motifs is 2. The van der Waals surface area contributed by atoms with Crippen molar-refractivity contribution in [3.05, 3.63) is 68.5 Å². The number of carbonyl (C=O) groups is 1. The lowest BCUT2D eigenvalue weighted by molar-refractivity contribution is -0.123. The van der Waals surface area contributed by atoms with Gasteiger partial charge >= 0.3 is 0 Å². The summed E-state index contributed by atoms with van der Waals surface area (Å²) in [6.07, 6.45) is 5.14. The lowest BCUT2D eigenvalue weighted by Crippen LogP contribution is -2.35. The Hall–Kier alpha value is -3.41. The molecular formula is C26H24N4O5S2. The van der Waals surface area contributed by atoms with E-state index in [1.807, 2.05) is 31.2 Å². The summed E-state index contributed by atoms with van der Waals surface area (Å²) in [5.74, 6) is 1.55. The number of nitrogens with one attached hydrogen (secondary N) is 1. The van der Waals surface area contributed by atoms with Gasteiger partial charge in [0.25, 0.3) is 11.5 Å².